The molecule has 2 aliphatic rings. The largest absolute Gasteiger partial charge is 0.370 e. The van der Waals surface area contributed by atoms with Crippen LogP contribution >= 0.6 is 0 Å². The van der Waals surface area contributed by atoms with Gasteiger partial charge in [0.1, 0.15) is 11.6 Å². The van der Waals surface area contributed by atoms with E-state index >= 15 is 0 Å². The van der Waals surface area contributed by atoms with Gasteiger partial charge < -0.3 is 9.80 Å². The maximum absolute atomic E-state index is 13.1. The molecule has 144 valence electrons. The second kappa shape index (κ2) is 7.17. The van der Waals surface area contributed by atoms with E-state index in [9.17, 15) is 14.0 Å². The molecule has 2 aliphatic heterocycles. The molecule has 0 spiro atoms. The molecular weight excluding hydrogens is 349 g/mol. The molecule has 1 aromatic heterocycles. The van der Waals surface area contributed by atoms with Crippen molar-refractivity contribution in [3.8, 4) is 0 Å². The molecule has 0 N–H and O–H groups in total. The number of fused-ring (bicyclic) bond motifs is 1. The van der Waals surface area contributed by atoms with E-state index in [1.807, 2.05) is 4.90 Å². The molecule has 8 heteroatoms. The Hall–Kier alpha value is -2.64. The Morgan fingerprint density at radius 3 is 2.70 bits per heavy atom. The van der Waals surface area contributed by atoms with Crippen LogP contribution < -0.4 is 10.6 Å². The Labute approximate surface area is 157 Å². The van der Waals surface area contributed by atoms with Gasteiger partial charge in [-0.25, -0.2) is 13.9 Å². The number of aromatic nitrogens is 3. The van der Waals surface area contributed by atoms with Crippen LogP contribution in [0.15, 0.2) is 29.1 Å². The zero-order valence-electron chi connectivity index (χ0n) is 15.5. The summed E-state index contributed by atoms with van der Waals surface area (Å²) in [4.78, 5) is 29.3. The van der Waals surface area contributed by atoms with E-state index in [2.05, 4.69) is 10.00 Å². The number of carbonyl (C=O) groups is 1. The first kappa shape index (κ1) is 17.8. The lowest BCUT2D eigenvalue weighted by Crippen LogP contribution is -2.43. The van der Waals surface area contributed by atoms with Crippen molar-refractivity contribution in [3.05, 3.63) is 46.4 Å². The summed E-state index contributed by atoms with van der Waals surface area (Å²) in [5.41, 5.74) is 0.829. The molecule has 1 aromatic carbocycles. The van der Waals surface area contributed by atoms with Crippen LogP contribution in [0.3, 0.4) is 0 Å². The number of hydrogen-bond donors (Lipinski definition) is 0. The van der Waals surface area contributed by atoms with E-state index < -0.39 is 0 Å². The quantitative estimate of drug-likeness (QED) is 0.789. The standard InChI is InChI=1S/C19H24FN5O2/c1-22-19(27)25-13-14(3-8-17(25)21-22)18(26)24-10-2-9-23(11-12-24)16-6-4-15(20)5-7-16/h4-7,14H,2-3,8-13H2,1H3/t14-/m0/s1. The highest BCUT2D eigenvalue weighted by Gasteiger charge is 2.31. The molecule has 1 atom stereocenters. The monoisotopic (exact) mass is 373 g/mol. The molecule has 1 fully saturated rings. The summed E-state index contributed by atoms with van der Waals surface area (Å²) in [6.07, 6.45) is 2.25. The van der Waals surface area contributed by atoms with E-state index in [-0.39, 0.29) is 23.3 Å². The molecule has 3 heterocycles. The first-order valence-corrected chi connectivity index (χ1v) is 9.45. The molecule has 1 amide bonds. The van der Waals surface area contributed by atoms with Crippen LogP contribution in [0.25, 0.3) is 0 Å². The van der Waals surface area contributed by atoms with Crippen molar-refractivity contribution in [1.29, 1.82) is 0 Å². The predicted molar refractivity (Wildman–Crippen MR) is 99.1 cm³/mol. The van der Waals surface area contributed by atoms with Gasteiger partial charge in [-0.2, -0.15) is 5.10 Å². The average molecular weight is 373 g/mol. The van der Waals surface area contributed by atoms with Crippen molar-refractivity contribution in [3.63, 3.8) is 0 Å². The van der Waals surface area contributed by atoms with Crippen LogP contribution in [0.5, 0.6) is 0 Å². The summed E-state index contributed by atoms with van der Waals surface area (Å²) >= 11 is 0. The number of rotatable bonds is 2. The molecule has 0 saturated carbocycles. The fraction of sp³-hybridized carbons (Fsp3) is 0.526. The molecule has 4 rings (SSSR count). The highest BCUT2D eigenvalue weighted by molar-refractivity contribution is 5.79. The second-order valence-electron chi connectivity index (χ2n) is 7.31. The summed E-state index contributed by atoms with van der Waals surface area (Å²) in [6.45, 7) is 3.33. The number of amides is 1. The third-order valence-corrected chi connectivity index (χ3v) is 5.55. The van der Waals surface area contributed by atoms with Crippen molar-refractivity contribution in [2.75, 3.05) is 31.1 Å². The van der Waals surface area contributed by atoms with Crippen LogP contribution in [0.2, 0.25) is 0 Å². The van der Waals surface area contributed by atoms with Crippen molar-refractivity contribution in [2.24, 2.45) is 13.0 Å². The SMILES string of the molecule is Cn1nc2n(c1=O)C[C@@H](C(=O)N1CCCN(c3ccc(F)cc3)CC1)CC2. The van der Waals surface area contributed by atoms with Gasteiger partial charge in [0.2, 0.25) is 5.91 Å². The lowest BCUT2D eigenvalue weighted by Gasteiger charge is -2.29. The summed E-state index contributed by atoms with van der Waals surface area (Å²) in [6, 6.07) is 6.50. The molecule has 0 radical (unpaired) electrons. The van der Waals surface area contributed by atoms with E-state index in [0.29, 0.717) is 26.1 Å². The fourth-order valence-corrected chi connectivity index (χ4v) is 4.05. The molecular formula is C19H24FN5O2. The van der Waals surface area contributed by atoms with Gasteiger partial charge >= 0.3 is 5.69 Å². The third kappa shape index (κ3) is 3.48. The van der Waals surface area contributed by atoms with Crippen molar-refractivity contribution >= 4 is 11.6 Å². The fourth-order valence-electron chi connectivity index (χ4n) is 4.05. The number of benzene rings is 1. The molecule has 7 nitrogen and oxygen atoms in total. The van der Waals surface area contributed by atoms with Crippen LogP contribution in [-0.4, -0.2) is 51.3 Å². The first-order valence-electron chi connectivity index (χ1n) is 9.45. The van der Waals surface area contributed by atoms with Gasteiger partial charge in [-0.15, -0.1) is 0 Å². The number of carbonyl (C=O) groups excluding carboxylic acids is 1. The van der Waals surface area contributed by atoms with Gasteiger partial charge in [0.05, 0.1) is 5.92 Å². The molecule has 27 heavy (non-hydrogen) atoms. The zero-order chi connectivity index (χ0) is 19.0. The highest BCUT2D eigenvalue weighted by atomic mass is 19.1. The number of aryl methyl sites for hydroxylation is 2. The summed E-state index contributed by atoms with van der Waals surface area (Å²) < 4.78 is 16.1. The van der Waals surface area contributed by atoms with Crippen LogP contribution in [0.4, 0.5) is 10.1 Å². The minimum atomic E-state index is -0.243. The van der Waals surface area contributed by atoms with Gasteiger partial charge in [0.15, 0.2) is 0 Å². The predicted octanol–water partition coefficient (Wildman–Crippen LogP) is 1.02. The Morgan fingerprint density at radius 1 is 1.15 bits per heavy atom. The number of hydrogen-bond acceptors (Lipinski definition) is 4. The normalized spacial score (nSPS) is 20.3. The second-order valence-corrected chi connectivity index (χ2v) is 7.31. The van der Waals surface area contributed by atoms with Crippen molar-refractivity contribution in [1.82, 2.24) is 19.2 Å². The van der Waals surface area contributed by atoms with Gasteiger partial charge in [-0.1, -0.05) is 0 Å². The van der Waals surface area contributed by atoms with Crippen LogP contribution in [-0.2, 0) is 24.8 Å². The van der Waals surface area contributed by atoms with Gasteiger partial charge in [0.25, 0.3) is 0 Å². The first-order chi connectivity index (χ1) is 13.0. The van der Waals surface area contributed by atoms with Crippen molar-refractivity contribution in [2.45, 2.75) is 25.8 Å². The maximum atomic E-state index is 13.1. The Bertz CT molecular complexity index is 888. The molecule has 0 unspecified atom stereocenters. The van der Waals surface area contributed by atoms with E-state index in [0.717, 1.165) is 37.4 Å². The minimum Gasteiger partial charge on any atom is -0.370 e. The maximum Gasteiger partial charge on any atom is 0.345 e. The topological polar surface area (TPSA) is 63.4 Å². The Morgan fingerprint density at radius 2 is 1.93 bits per heavy atom. The van der Waals surface area contributed by atoms with Gasteiger partial charge in [-0.05, 0) is 37.1 Å². The number of nitrogens with zero attached hydrogens (tertiary/aromatic N) is 5. The van der Waals surface area contributed by atoms with Crippen LogP contribution in [0.1, 0.15) is 18.7 Å². The van der Waals surface area contributed by atoms with E-state index in [1.165, 1.54) is 16.8 Å². The molecule has 0 bridgehead atoms. The summed E-state index contributed by atoms with van der Waals surface area (Å²) in [7, 11) is 1.64. The average Bonchev–Trinajstić information content (AvgIpc) is 2.85. The van der Waals surface area contributed by atoms with E-state index in [4.69, 9.17) is 0 Å². The van der Waals surface area contributed by atoms with Gasteiger partial charge in [-0.3, -0.25) is 9.36 Å². The Balaban J connectivity index is 1.42. The smallest absolute Gasteiger partial charge is 0.345 e. The number of anilines is 1. The summed E-state index contributed by atoms with van der Waals surface area (Å²) in [5.74, 6) is 0.478. The van der Waals surface area contributed by atoms with E-state index in [1.54, 1.807) is 23.7 Å². The third-order valence-electron chi connectivity index (χ3n) is 5.55. The van der Waals surface area contributed by atoms with Crippen LogP contribution in [0, 0.1) is 11.7 Å². The number of halogens is 1. The minimum absolute atomic E-state index is 0.123. The lowest BCUT2D eigenvalue weighted by molar-refractivity contribution is -0.136. The highest BCUT2D eigenvalue weighted by Crippen LogP contribution is 2.22. The Kier molecular flexibility index (Phi) is 4.72. The van der Waals surface area contributed by atoms with Gasteiger partial charge in [0, 0.05) is 51.9 Å². The molecule has 0 aliphatic carbocycles. The van der Waals surface area contributed by atoms with Crippen molar-refractivity contribution < 1.29 is 9.18 Å². The zero-order valence-corrected chi connectivity index (χ0v) is 15.5. The summed E-state index contributed by atoms with van der Waals surface area (Å²) in [5, 5.41) is 4.23. The molecule has 1 saturated heterocycles. The lowest BCUT2D eigenvalue weighted by atomic mass is 9.97. The molecule has 2 aromatic rings.